The molecular formula is C11H14N2O2. The van der Waals surface area contributed by atoms with E-state index in [9.17, 15) is 9.59 Å². The van der Waals surface area contributed by atoms with Crippen molar-refractivity contribution in [1.29, 1.82) is 0 Å². The summed E-state index contributed by atoms with van der Waals surface area (Å²) >= 11 is 0. The maximum Gasteiger partial charge on any atom is 0.256 e. The van der Waals surface area contributed by atoms with E-state index in [2.05, 4.69) is 17.2 Å². The van der Waals surface area contributed by atoms with E-state index in [1.807, 2.05) is 0 Å². The minimum Gasteiger partial charge on any atom is -0.367 e. The highest BCUT2D eigenvalue weighted by atomic mass is 16.2. The van der Waals surface area contributed by atoms with Crippen LogP contribution in [0.3, 0.4) is 0 Å². The molecule has 15 heavy (non-hydrogen) atoms. The summed E-state index contributed by atoms with van der Waals surface area (Å²) < 4.78 is 0. The topological polar surface area (TPSA) is 62.0 Å². The molecule has 1 saturated carbocycles. The minimum absolute atomic E-state index is 0.194. The average molecular weight is 206 g/mol. The number of aromatic amines is 1. The molecule has 0 saturated heterocycles. The fourth-order valence-corrected chi connectivity index (χ4v) is 1.72. The molecule has 2 unspecified atom stereocenters. The first kappa shape index (κ1) is 9.96. The Bertz CT molecular complexity index is 425. The van der Waals surface area contributed by atoms with Crippen LogP contribution in [0.5, 0.6) is 0 Å². The third-order valence-corrected chi connectivity index (χ3v) is 2.83. The maximum absolute atomic E-state index is 11.6. The Balaban J connectivity index is 2.03. The zero-order chi connectivity index (χ0) is 10.8. The van der Waals surface area contributed by atoms with Crippen molar-refractivity contribution in [1.82, 2.24) is 10.3 Å². The maximum atomic E-state index is 11.6. The second kappa shape index (κ2) is 3.88. The van der Waals surface area contributed by atoms with Gasteiger partial charge in [0.25, 0.3) is 5.91 Å². The zero-order valence-corrected chi connectivity index (χ0v) is 8.62. The van der Waals surface area contributed by atoms with Gasteiger partial charge in [-0.2, -0.15) is 0 Å². The molecule has 1 aliphatic carbocycles. The number of hydrogen-bond donors (Lipinski definition) is 2. The summed E-state index contributed by atoms with van der Waals surface area (Å²) in [5.74, 6) is 0.328. The van der Waals surface area contributed by atoms with E-state index in [1.54, 1.807) is 0 Å². The fourth-order valence-electron chi connectivity index (χ4n) is 1.72. The average Bonchev–Trinajstić information content (AvgIpc) is 2.97. The lowest BCUT2D eigenvalue weighted by molar-refractivity contribution is 0.0947. The minimum atomic E-state index is -0.266. The van der Waals surface area contributed by atoms with E-state index in [4.69, 9.17) is 0 Å². The van der Waals surface area contributed by atoms with Crippen LogP contribution in [0.4, 0.5) is 0 Å². The third-order valence-electron chi connectivity index (χ3n) is 2.83. The fraction of sp³-hybridized carbons (Fsp3) is 0.455. The van der Waals surface area contributed by atoms with Crippen LogP contribution < -0.4 is 10.7 Å². The van der Waals surface area contributed by atoms with Crippen molar-refractivity contribution in [2.24, 2.45) is 5.92 Å². The molecule has 1 heterocycles. The second-order valence-electron chi connectivity index (χ2n) is 3.91. The predicted molar refractivity (Wildman–Crippen MR) is 56.7 cm³/mol. The van der Waals surface area contributed by atoms with Crippen molar-refractivity contribution in [2.75, 3.05) is 0 Å². The number of carbonyl (C=O) groups excluding carboxylic acids is 1. The van der Waals surface area contributed by atoms with Crippen molar-refractivity contribution >= 4 is 5.91 Å². The van der Waals surface area contributed by atoms with Gasteiger partial charge in [-0.3, -0.25) is 9.59 Å². The van der Waals surface area contributed by atoms with E-state index >= 15 is 0 Å². The van der Waals surface area contributed by atoms with Gasteiger partial charge in [-0.25, -0.2) is 0 Å². The Morgan fingerprint density at radius 3 is 3.07 bits per heavy atom. The standard InChI is InChI=1S/C11H14N2O2/c1-2-7-5-9(7)13-11(15)8-6-12-4-3-10(8)14/h3-4,6-7,9H,2,5H2,1H3,(H,12,14)(H,13,15). The molecule has 0 aliphatic heterocycles. The highest BCUT2D eigenvalue weighted by Gasteiger charge is 2.36. The van der Waals surface area contributed by atoms with Crippen LogP contribution in [0.25, 0.3) is 0 Å². The van der Waals surface area contributed by atoms with Crippen LogP contribution in [0.1, 0.15) is 30.1 Å². The van der Waals surface area contributed by atoms with Crippen LogP contribution in [0.2, 0.25) is 0 Å². The van der Waals surface area contributed by atoms with E-state index in [-0.39, 0.29) is 22.9 Å². The monoisotopic (exact) mass is 206 g/mol. The predicted octanol–water partition coefficient (Wildman–Crippen LogP) is 0.903. The quantitative estimate of drug-likeness (QED) is 0.772. The van der Waals surface area contributed by atoms with Gasteiger partial charge in [0.05, 0.1) is 0 Å². The Morgan fingerprint density at radius 2 is 2.47 bits per heavy atom. The Hall–Kier alpha value is -1.58. The number of amides is 1. The molecule has 1 aliphatic rings. The van der Waals surface area contributed by atoms with E-state index in [0.29, 0.717) is 5.92 Å². The first-order valence-electron chi connectivity index (χ1n) is 5.20. The third kappa shape index (κ3) is 2.09. The Morgan fingerprint density at radius 1 is 1.67 bits per heavy atom. The molecule has 2 atom stereocenters. The summed E-state index contributed by atoms with van der Waals surface area (Å²) in [7, 11) is 0. The van der Waals surface area contributed by atoms with Crippen LogP contribution in [0, 0.1) is 5.92 Å². The number of pyridine rings is 1. The number of carbonyl (C=O) groups is 1. The number of rotatable bonds is 3. The molecule has 0 bridgehead atoms. The van der Waals surface area contributed by atoms with Gasteiger partial charge in [-0.1, -0.05) is 13.3 Å². The number of nitrogens with one attached hydrogen (secondary N) is 2. The van der Waals surface area contributed by atoms with E-state index < -0.39 is 0 Å². The summed E-state index contributed by atoms with van der Waals surface area (Å²) in [6, 6.07) is 1.63. The van der Waals surface area contributed by atoms with Gasteiger partial charge in [0.1, 0.15) is 5.56 Å². The Kier molecular flexibility index (Phi) is 2.58. The summed E-state index contributed by atoms with van der Waals surface area (Å²) in [5.41, 5.74) is -0.0424. The molecule has 2 N–H and O–H groups in total. The molecule has 1 amide bonds. The first-order valence-corrected chi connectivity index (χ1v) is 5.20. The molecule has 0 radical (unpaired) electrons. The molecule has 1 aromatic heterocycles. The highest BCUT2D eigenvalue weighted by Crippen LogP contribution is 2.33. The van der Waals surface area contributed by atoms with Crippen molar-refractivity contribution in [3.05, 3.63) is 34.2 Å². The van der Waals surface area contributed by atoms with E-state index in [1.165, 1.54) is 18.5 Å². The summed E-state index contributed by atoms with van der Waals surface area (Å²) in [4.78, 5) is 25.7. The molecular weight excluding hydrogens is 192 g/mol. The lowest BCUT2D eigenvalue weighted by Gasteiger charge is -2.02. The molecule has 0 aromatic carbocycles. The summed E-state index contributed by atoms with van der Waals surface area (Å²) in [6.45, 7) is 2.10. The summed E-state index contributed by atoms with van der Waals surface area (Å²) in [5, 5.41) is 2.85. The van der Waals surface area contributed by atoms with Gasteiger partial charge < -0.3 is 10.3 Å². The largest absolute Gasteiger partial charge is 0.367 e. The van der Waals surface area contributed by atoms with Crippen LogP contribution in [-0.2, 0) is 0 Å². The van der Waals surface area contributed by atoms with Gasteiger partial charge in [0.15, 0.2) is 5.43 Å². The smallest absolute Gasteiger partial charge is 0.256 e. The van der Waals surface area contributed by atoms with Gasteiger partial charge in [0.2, 0.25) is 0 Å². The number of hydrogen-bond acceptors (Lipinski definition) is 2. The molecule has 4 nitrogen and oxygen atoms in total. The number of aromatic nitrogens is 1. The molecule has 80 valence electrons. The molecule has 0 spiro atoms. The Labute approximate surface area is 87.7 Å². The lowest BCUT2D eigenvalue weighted by Crippen LogP contribution is -2.30. The second-order valence-corrected chi connectivity index (χ2v) is 3.91. The first-order chi connectivity index (χ1) is 7.22. The van der Waals surface area contributed by atoms with Crippen LogP contribution >= 0.6 is 0 Å². The van der Waals surface area contributed by atoms with Crippen molar-refractivity contribution < 1.29 is 4.79 Å². The van der Waals surface area contributed by atoms with Gasteiger partial charge in [0, 0.05) is 24.5 Å². The zero-order valence-electron chi connectivity index (χ0n) is 8.62. The normalized spacial score (nSPS) is 23.5. The van der Waals surface area contributed by atoms with Crippen molar-refractivity contribution in [2.45, 2.75) is 25.8 Å². The highest BCUT2D eigenvalue weighted by molar-refractivity contribution is 5.94. The van der Waals surface area contributed by atoms with Crippen LogP contribution in [-0.4, -0.2) is 16.9 Å². The molecule has 1 fully saturated rings. The molecule has 2 rings (SSSR count). The van der Waals surface area contributed by atoms with Gasteiger partial charge in [-0.15, -0.1) is 0 Å². The molecule has 4 heteroatoms. The number of H-pyrrole nitrogens is 1. The SMILES string of the molecule is CCC1CC1NC(=O)c1c[nH]ccc1=O. The van der Waals surface area contributed by atoms with Crippen molar-refractivity contribution in [3.8, 4) is 0 Å². The van der Waals surface area contributed by atoms with Crippen LogP contribution in [0.15, 0.2) is 23.3 Å². The van der Waals surface area contributed by atoms with Gasteiger partial charge in [-0.05, 0) is 12.3 Å². The van der Waals surface area contributed by atoms with Crippen molar-refractivity contribution in [3.63, 3.8) is 0 Å². The summed E-state index contributed by atoms with van der Waals surface area (Å²) in [6.07, 6.45) is 5.08. The van der Waals surface area contributed by atoms with Gasteiger partial charge >= 0.3 is 0 Å². The van der Waals surface area contributed by atoms with E-state index in [0.717, 1.165) is 12.8 Å². The molecule has 1 aromatic rings. The lowest BCUT2D eigenvalue weighted by atomic mass is 10.2.